The molecule has 5 heteroatoms. The molecule has 3 rings (SSSR count). The highest BCUT2D eigenvalue weighted by Gasteiger charge is 2.49. The van der Waals surface area contributed by atoms with Crippen LogP contribution in [0.3, 0.4) is 0 Å². The highest BCUT2D eigenvalue weighted by atomic mass is 16.5. The molecule has 1 amide bonds. The van der Waals surface area contributed by atoms with Crippen LogP contribution in [0.2, 0.25) is 0 Å². The fourth-order valence-corrected chi connectivity index (χ4v) is 3.97. The number of hydrogen-bond acceptors (Lipinski definition) is 4. The molecule has 2 aliphatic heterocycles. The van der Waals surface area contributed by atoms with Crippen LogP contribution in [0.15, 0.2) is 24.3 Å². The molecule has 136 valence electrons. The van der Waals surface area contributed by atoms with Gasteiger partial charge in [-0.05, 0) is 37.3 Å². The monoisotopic (exact) mass is 344 g/mol. The third-order valence-electron chi connectivity index (χ3n) is 5.45. The molecule has 1 aromatic rings. The van der Waals surface area contributed by atoms with Crippen LogP contribution in [-0.2, 0) is 14.3 Å². The van der Waals surface area contributed by atoms with E-state index in [0.29, 0.717) is 18.9 Å². The zero-order chi connectivity index (χ0) is 18.1. The maximum absolute atomic E-state index is 12.4. The second kappa shape index (κ2) is 7.16. The first-order chi connectivity index (χ1) is 11.9. The molecule has 2 aliphatic rings. The van der Waals surface area contributed by atoms with E-state index in [1.165, 1.54) is 11.1 Å². The molecule has 0 aromatic heterocycles. The first-order valence-corrected chi connectivity index (χ1v) is 9.29. The quantitative estimate of drug-likeness (QED) is 0.769. The van der Waals surface area contributed by atoms with Gasteiger partial charge in [0.05, 0.1) is 24.6 Å². The summed E-state index contributed by atoms with van der Waals surface area (Å²) in [6.07, 6.45) is 1.29. The topological polar surface area (TPSA) is 49.9 Å². The number of benzene rings is 1. The minimum Gasteiger partial charge on any atom is -0.466 e. The Labute approximate surface area is 149 Å². The van der Waals surface area contributed by atoms with Crippen molar-refractivity contribution in [1.82, 2.24) is 10.0 Å². The summed E-state index contributed by atoms with van der Waals surface area (Å²) in [7, 11) is 0. The van der Waals surface area contributed by atoms with Crippen molar-refractivity contribution in [2.45, 2.75) is 58.5 Å². The number of hydrazine groups is 1. The van der Waals surface area contributed by atoms with Crippen molar-refractivity contribution in [2.75, 3.05) is 13.2 Å². The number of carbonyl (C=O) groups excluding carboxylic acids is 2. The van der Waals surface area contributed by atoms with Gasteiger partial charge in [-0.25, -0.2) is 5.01 Å². The molecule has 0 spiro atoms. The third-order valence-corrected chi connectivity index (χ3v) is 5.45. The molecule has 3 atom stereocenters. The van der Waals surface area contributed by atoms with Gasteiger partial charge >= 0.3 is 5.97 Å². The molecule has 2 saturated heterocycles. The van der Waals surface area contributed by atoms with Gasteiger partial charge in [-0.2, -0.15) is 0 Å². The molecule has 2 heterocycles. The molecule has 1 unspecified atom stereocenters. The van der Waals surface area contributed by atoms with Crippen molar-refractivity contribution in [3.8, 4) is 0 Å². The lowest BCUT2D eigenvalue weighted by Gasteiger charge is -2.29. The summed E-state index contributed by atoms with van der Waals surface area (Å²) in [6, 6.07) is 8.70. The van der Waals surface area contributed by atoms with Gasteiger partial charge < -0.3 is 4.74 Å². The Morgan fingerprint density at radius 3 is 2.52 bits per heavy atom. The molecule has 2 fully saturated rings. The number of hydrogen-bond donors (Lipinski definition) is 0. The van der Waals surface area contributed by atoms with Gasteiger partial charge in [0.15, 0.2) is 0 Å². The van der Waals surface area contributed by atoms with Crippen LogP contribution in [-0.4, -0.2) is 41.1 Å². The van der Waals surface area contributed by atoms with Gasteiger partial charge in [-0.3, -0.25) is 14.6 Å². The fourth-order valence-electron chi connectivity index (χ4n) is 3.97. The average molecular weight is 344 g/mol. The van der Waals surface area contributed by atoms with Crippen LogP contribution in [0.4, 0.5) is 0 Å². The van der Waals surface area contributed by atoms with Crippen molar-refractivity contribution in [3.63, 3.8) is 0 Å². The van der Waals surface area contributed by atoms with Gasteiger partial charge in [0.2, 0.25) is 5.91 Å². The molecule has 0 bridgehead atoms. The summed E-state index contributed by atoms with van der Waals surface area (Å²) in [5.74, 6) is 0.0777. The fraction of sp³-hybridized carbons (Fsp3) is 0.600. The average Bonchev–Trinajstić information content (AvgIpc) is 3.15. The molecule has 0 radical (unpaired) electrons. The lowest BCUT2D eigenvalue weighted by molar-refractivity contribution is -0.153. The van der Waals surface area contributed by atoms with Crippen LogP contribution in [0.5, 0.6) is 0 Å². The van der Waals surface area contributed by atoms with Gasteiger partial charge in [0.25, 0.3) is 0 Å². The molecule has 0 aliphatic carbocycles. The number of esters is 1. The first-order valence-electron chi connectivity index (χ1n) is 9.29. The van der Waals surface area contributed by atoms with Gasteiger partial charge in [-0.15, -0.1) is 0 Å². The van der Waals surface area contributed by atoms with Gasteiger partial charge in [-0.1, -0.05) is 38.1 Å². The van der Waals surface area contributed by atoms with Crippen LogP contribution in [0.1, 0.15) is 63.6 Å². The number of fused-ring (bicyclic) bond motifs is 1. The first kappa shape index (κ1) is 17.9. The lowest BCUT2D eigenvalue weighted by Crippen LogP contribution is -2.43. The summed E-state index contributed by atoms with van der Waals surface area (Å²) >= 11 is 0. The number of nitrogens with zero attached hydrogens (tertiary/aromatic N) is 2. The van der Waals surface area contributed by atoms with E-state index in [1.54, 1.807) is 0 Å². The molecular formula is C20H28N2O3. The van der Waals surface area contributed by atoms with Crippen LogP contribution >= 0.6 is 0 Å². The predicted octanol–water partition coefficient (Wildman–Crippen LogP) is 3.27. The van der Waals surface area contributed by atoms with E-state index in [1.807, 2.05) is 18.9 Å². The van der Waals surface area contributed by atoms with Crippen molar-refractivity contribution >= 4 is 11.9 Å². The van der Waals surface area contributed by atoms with Crippen molar-refractivity contribution < 1.29 is 14.3 Å². The van der Waals surface area contributed by atoms with Crippen LogP contribution in [0.25, 0.3) is 0 Å². The van der Waals surface area contributed by atoms with E-state index in [2.05, 4.69) is 43.1 Å². The Hall–Kier alpha value is -1.88. The van der Waals surface area contributed by atoms with E-state index in [-0.39, 0.29) is 29.9 Å². The van der Waals surface area contributed by atoms with E-state index >= 15 is 0 Å². The molecule has 0 saturated carbocycles. The van der Waals surface area contributed by atoms with E-state index in [4.69, 9.17) is 4.74 Å². The molecule has 1 aromatic carbocycles. The molecule has 25 heavy (non-hydrogen) atoms. The summed E-state index contributed by atoms with van der Waals surface area (Å²) in [5, 5.41) is 3.97. The highest BCUT2D eigenvalue weighted by molar-refractivity contribution is 5.80. The van der Waals surface area contributed by atoms with Crippen LogP contribution in [0, 0.1) is 5.92 Å². The second-order valence-corrected chi connectivity index (χ2v) is 7.33. The normalized spacial score (nSPS) is 24.7. The third kappa shape index (κ3) is 3.30. The molecule has 0 N–H and O–H groups in total. The minimum atomic E-state index is -0.315. The lowest BCUT2D eigenvalue weighted by atomic mass is 9.92. The Morgan fingerprint density at radius 2 is 1.92 bits per heavy atom. The number of amides is 1. The Balaban J connectivity index is 1.84. The van der Waals surface area contributed by atoms with Crippen molar-refractivity contribution in [3.05, 3.63) is 35.4 Å². The summed E-state index contributed by atoms with van der Waals surface area (Å²) in [5.41, 5.74) is 2.52. The Bertz CT molecular complexity index is 641. The maximum atomic E-state index is 12.4. The molecule has 5 nitrogen and oxygen atoms in total. The van der Waals surface area contributed by atoms with E-state index in [0.717, 1.165) is 13.0 Å². The molecular weight excluding hydrogens is 316 g/mol. The predicted molar refractivity (Wildman–Crippen MR) is 95.6 cm³/mol. The second-order valence-electron chi connectivity index (χ2n) is 7.33. The number of ether oxygens (including phenoxy) is 1. The van der Waals surface area contributed by atoms with Gasteiger partial charge in [0, 0.05) is 13.0 Å². The van der Waals surface area contributed by atoms with E-state index in [9.17, 15) is 9.59 Å². The summed E-state index contributed by atoms with van der Waals surface area (Å²) in [6.45, 7) is 9.14. The van der Waals surface area contributed by atoms with Crippen LogP contribution < -0.4 is 0 Å². The number of rotatable bonds is 5. The Morgan fingerprint density at radius 1 is 1.24 bits per heavy atom. The maximum Gasteiger partial charge on any atom is 0.310 e. The summed E-state index contributed by atoms with van der Waals surface area (Å²) < 4.78 is 5.19. The van der Waals surface area contributed by atoms with Gasteiger partial charge in [0.1, 0.15) is 0 Å². The highest BCUT2D eigenvalue weighted by Crippen LogP contribution is 2.42. The summed E-state index contributed by atoms with van der Waals surface area (Å²) in [4.78, 5) is 24.6. The minimum absolute atomic E-state index is 0.113. The standard InChI is InChI=1S/C20H28N2O3/c1-5-25-20(24)14(4)17-12-18(21-11-10-19(23)22(17)21)16-8-6-15(7-9-16)13(2)3/h6-9,13-14,17-18H,5,10-12H2,1-4H3/t14?,17-,18+/m0/s1. The Kier molecular flexibility index (Phi) is 5.13. The zero-order valence-electron chi connectivity index (χ0n) is 15.6. The zero-order valence-corrected chi connectivity index (χ0v) is 15.6. The smallest absolute Gasteiger partial charge is 0.310 e. The number of carbonyl (C=O) groups is 2. The SMILES string of the molecule is CCOC(=O)C(C)[C@@H]1C[C@H](c2ccc(C(C)C)cc2)N2CCC(=O)N12. The van der Waals surface area contributed by atoms with Crippen molar-refractivity contribution in [1.29, 1.82) is 0 Å². The van der Waals surface area contributed by atoms with E-state index < -0.39 is 0 Å². The van der Waals surface area contributed by atoms with Crippen molar-refractivity contribution in [2.24, 2.45) is 5.92 Å². The largest absolute Gasteiger partial charge is 0.466 e.